The summed E-state index contributed by atoms with van der Waals surface area (Å²) in [5.74, 6) is -1.17. The van der Waals surface area contributed by atoms with Crippen molar-refractivity contribution in [1.29, 1.82) is 5.26 Å². The Labute approximate surface area is 109 Å². The highest BCUT2D eigenvalue weighted by atomic mass is 16.2. The van der Waals surface area contributed by atoms with Gasteiger partial charge in [0.15, 0.2) is 0 Å². The molecule has 1 atom stereocenters. The maximum absolute atomic E-state index is 12.2. The van der Waals surface area contributed by atoms with Crippen LogP contribution in [0.2, 0.25) is 0 Å². The van der Waals surface area contributed by atoms with E-state index in [4.69, 9.17) is 5.73 Å². The SMILES string of the molecule is CCC(C#N)(CC)C(=O)NC(C)(C(N)=O)C(C)C. The van der Waals surface area contributed by atoms with Crippen molar-refractivity contribution in [3.8, 4) is 6.07 Å². The normalized spacial score (nSPS) is 14.7. The molecule has 5 heteroatoms. The molecule has 0 aliphatic heterocycles. The molecule has 0 rings (SSSR count). The van der Waals surface area contributed by atoms with Crippen molar-refractivity contribution in [1.82, 2.24) is 5.32 Å². The fourth-order valence-electron chi connectivity index (χ4n) is 1.63. The Bertz CT molecular complexity index is 367. The van der Waals surface area contributed by atoms with Gasteiger partial charge < -0.3 is 11.1 Å². The molecule has 5 nitrogen and oxygen atoms in total. The fourth-order valence-corrected chi connectivity index (χ4v) is 1.63. The van der Waals surface area contributed by atoms with Gasteiger partial charge in [-0.1, -0.05) is 27.7 Å². The van der Waals surface area contributed by atoms with E-state index in [1.165, 1.54) is 0 Å². The molecule has 2 amide bonds. The molecule has 0 heterocycles. The predicted octanol–water partition coefficient (Wildman–Crippen LogP) is 1.33. The van der Waals surface area contributed by atoms with Gasteiger partial charge >= 0.3 is 0 Å². The van der Waals surface area contributed by atoms with Crippen molar-refractivity contribution >= 4 is 11.8 Å². The first-order valence-electron chi connectivity index (χ1n) is 6.24. The van der Waals surface area contributed by atoms with Crippen molar-refractivity contribution in [2.24, 2.45) is 17.1 Å². The van der Waals surface area contributed by atoms with Crippen LogP contribution in [0.5, 0.6) is 0 Å². The summed E-state index contributed by atoms with van der Waals surface area (Å²) in [6.07, 6.45) is 0.803. The van der Waals surface area contributed by atoms with Crippen molar-refractivity contribution in [2.75, 3.05) is 0 Å². The van der Waals surface area contributed by atoms with E-state index >= 15 is 0 Å². The number of nitrogens with one attached hydrogen (secondary N) is 1. The minimum atomic E-state index is -1.14. The molecule has 0 bridgehead atoms. The fraction of sp³-hybridized carbons (Fsp3) is 0.769. The summed E-state index contributed by atoms with van der Waals surface area (Å²) in [4.78, 5) is 23.8. The summed E-state index contributed by atoms with van der Waals surface area (Å²) in [5.41, 5.74) is 3.12. The van der Waals surface area contributed by atoms with Crippen LogP contribution in [0.15, 0.2) is 0 Å². The maximum Gasteiger partial charge on any atom is 0.243 e. The Morgan fingerprint density at radius 3 is 2.00 bits per heavy atom. The monoisotopic (exact) mass is 253 g/mol. The second-order valence-corrected chi connectivity index (χ2v) is 5.08. The first kappa shape index (κ1) is 16.4. The second kappa shape index (κ2) is 5.85. The zero-order valence-electron chi connectivity index (χ0n) is 11.8. The lowest BCUT2D eigenvalue weighted by Crippen LogP contribution is -2.61. The molecule has 0 aliphatic rings. The Kier molecular flexibility index (Phi) is 5.34. The quantitative estimate of drug-likeness (QED) is 0.747. The lowest BCUT2D eigenvalue weighted by atomic mass is 9.80. The Balaban J connectivity index is 5.27. The average Bonchev–Trinajstić information content (AvgIpc) is 2.31. The van der Waals surface area contributed by atoms with Crippen molar-refractivity contribution in [3.05, 3.63) is 0 Å². The van der Waals surface area contributed by atoms with Gasteiger partial charge in [-0.3, -0.25) is 9.59 Å². The molecule has 0 saturated heterocycles. The summed E-state index contributed by atoms with van der Waals surface area (Å²) in [7, 11) is 0. The molecule has 0 spiro atoms. The second-order valence-electron chi connectivity index (χ2n) is 5.08. The Morgan fingerprint density at radius 2 is 1.78 bits per heavy atom. The van der Waals surface area contributed by atoms with Crippen molar-refractivity contribution in [3.63, 3.8) is 0 Å². The molecule has 0 fully saturated rings. The molecule has 0 aromatic rings. The minimum Gasteiger partial charge on any atom is -0.368 e. The number of nitrogens with zero attached hydrogens (tertiary/aromatic N) is 1. The van der Waals surface area contributed by atoms with E-state index in [2.05, 4.69) is 11.4 Å². The lowest BCUT2D eigenvalue weighted by Gasteiger charge is -2.34. The number of carbonyl (C=O) groups excluding carboxylic acids is 2. The highest BCUT2D eigenvalue weighted by molar-refractivity contribution is 5.93. The molecule has 0 radical (unpaired) electrons. The number of amides is 2. The van der Waals surface area contributed by atoms with Gasteiger partial charge in [-0.25, -0.2) is 0 Å². The summed E-state index contributed by atoms with van der Waals surface area (Å²) in [6.45, 7) is 8.76. The van der Waals surface area contributed by atoms with Crippen LogP contribution in [-0.2, 0) is 9.59 Å². The van der Waals surface area contributed by atoms with Crippen LogP contribution in [0, 0.1) is 22.7 Å². The van der Waals surface area contributed by atoms with E-state index in [9.17, 15) is 14.9 Å². The number of nitrogens with two attached hydrogens (primary N) is 1. The number of nitriles is 1. The van der Waals surface area contributed by atoms with E-state index in [0.717, 1.165) is 0 Å². The number of primary amides is 1. The zero-order valence-corrected chi connectivity index (χ0v) is 11.8. The molecule has 1 unspecified atom stereocenters. The molecule has 0 aliphatic carbocycles. The smallest absolute Gasteiger partial charge is 0.243 e. The van der Waals surface area contributed by atoms with Gasteiger partial charge in [0.2, 0.25) is 11.8 Å². The van der Waals surface area contributed by atoms with Crippen molar-refractivity contribution in [2.45, 2.75) is 53.0 Å². The third kappa shape index (κ3) is 2.81. The van der Waals surface area contributed by atoms with Crippen LogP contribution in [0.4, 0.5) is 0 Å². The minimum absolute atomic E-state index is 0.149. The average molecular weight is 253 g/mol. The highest BCUT2D eigenvalue weighted by Gasteiger charge is 2.43. The van der Waals surface area contributed by atoms with Gasteiger partial charge in [-0.2, -0.15) is 5.26 Å². The molecule has 0 aromatic heterocycles. The summed E-state index contributed by atoms with van der Waals surface area (Å²) < 4.78 is 0. The maximum atomic E-state index is 12.2. The van der Waals surface area contributed by atoms with E-state index in [-0.39, 0.29) is 5.92 Å². The third-order valence-corrected chi connectivity index (χ3v) is 3.90. The number of carbonyl (C=O) groups is 2. The van der Waals surface area contributed by atoms with Gasteiger partial charge in [-0.15, -0.1) is 0 Å². The lowest BCUT2D eigenvalue weighted by molar-refractivity contribution is -0.137. The van der Waals surface area contributed by atoms with Crippen LogP contribution < -0.4 is 11.1 Å². The van der Waals surface area contributed by atoms with Crippen LogP contribution in [-0.4, -0.2) is 17.4 Å². The van der Waals surface area contributed by atoms with E-state index in [0.29, 0.717) is 12.8 Å². The number of rotatable bonds is 6. The first-order chi connectivity index (χ1) is 8.20. The molecule has 18 heavy (non-hydrogen) atoms. The molecular formula is C13H23N3O2. The topological polar surface area (TPSA) is 96.0 Å². The van der Waals surface area contributed by atoms with E-state index < -0.39 is 22.8 Å². The van der Waals surface area contributed by atoms with E-state index in [1.54, 1.807) is 34.6 Å². The largest absolute Gasteiger partial charge is 0.368 e. The number of hydrogen-bond donors (Lipinski definition) is 2. The van der Waals surface area contributed by atoms with Crippen LogP contribution in [0.1, 0.15) is 47.5 Å². The molecule has 0 aromatic carbocycles. The molecule has 102 valence electrons. The van der Waals surface area contributed by atoms with Gasteiger partial charge in [0.25, 0.3) is 0 Å². The van der Waals surface area contributed by atoms with Gasteiger partial charge in [-0.05, 0) is 25.7 Å². The molecule has 3 N–H and O–H groups in total. The Morgan fingerprint density at radius 1 is 1.33 bits per heavy atom. The summed E-state index contributed by atoms with van der Waals surface area (Å²) in [5, 5.41) is 11.8. The van der Waals surface area contributed by atoms with E-state index in [1.807, 2.05) is 0 Å². The van der Waals surface area contributed by atoms with Crippen molar-refractivity contribution < 1.29 is 9.59 Å². The van der Waals surface area contributed by atoms with Gasteiger partial charge in [0.1, 0.15) is 11.0 Å². The first-order valence-corrected chi connectivity index (χ1v) is 6.24. The van der Waals surface area contributed by atoms with Crippen LogP contribution in [0.25, 0.3) is 0 Å². The standard InChI is InChI=1S/C13H23N3O2/c1-6-13(7-2,8-14)11(18)16-12(5,9(3)4)10(15)17/h9H,6-7H2,1-5H3,(H2,15,17)(H,16,18). The van der Waals surface area contributed by atoms with Crippen LogP contribution in [0.3, 0.4) is 0 Å². The molecule has 0 saturated carbocycles. The van der Waals surface area contributed by atoms with Gasteiger partial charge in [0.05, 0.1) is 6.07 Å². The molecular weight excluding hydrogens is 230 g/mol. The third-order valence-electron chi connectivity index (χ3n) is 3.90. The Hall–Kier alpha value is -1.57. The predicted molar refractivity (Wildman–Crippen MR) is 69.2 cm³/mol. The van der Waals surface area contributed by atoms with Gasteiger partial charge in [0, 0.05) is 0 Å². The highest BCUT2D eigenvalue weighted by Crippen LogP contribution is 2.27. The number of hydrogen-bond acceptors (Lipinski definition) is 3. The zero-order chi connectivity index (χ0) is 14.6. The summed E-state index contributed by atoms with van der Waals surface area (Å²) in [6, 6.07) is 2.05. The summed E-state index contributed by atoms with van der Waals surface area (Å²) >= 11 is 0. The van der Waals surface area contributed by atoms with Crippen LogP contribution >= 0.6 is 0 Å².